The number of aromatic nitrogens is 3. The molecule has 0 aromatic carbocycles. The molecule has 10 heteroatoms. The zero-order valence-corrected chi connectivity index (χ0v) is 12.4. The van der Waals surface area contributed by atoms with Crippen LogP contribution in [0.15, 0.2) is 18.6 Å². The van der Waals surface area contributed by atoms with Crippen molar-refractivity contribution >= 4 is 10.4 Å². The van der Waals surface area contributed by atoms with Gasteiger partial charge in [0, 0.05) is 12.7 Å². The zero-order valence-electron chi connectivity index (χ0n) is 11.6. The maximum Gasteiger partial charge on any atom is 0.418 e. The van der Waals surface area contributed by atoms with Gasteiger partial charge in [0.1, 0.15) is 5.82 Å². The monoisotopic (exact) mass is 315 g/mol. The van der Waals surface area contributed by atoms with Crippen LogP contribution in [0.4, 0.5) is 0 Å². The summed E-state index contributed by atoms with van der Waals surface area (Å²) in [5.41, 5.74) is 0.847. The maximum atomic E-state index is 10.9. The molecule has 0 radical (unpaired) electrons. The predicted octanol–water partition coefficient (Wildman–Crippen LogP) is -0.0593. The topological polar surface area (TPSA) is 101 Å². The fraction of sp³-hybridized carbons (Fsp3) is 0.636. The molecule has 3 rings (SSSR count). The Morgan fingerprint density at radius 2 is 2.29 bits per heavy atom. The number of hydroxylamine groups is 2. The van der Waals surface area contributed by atoms with Crippen LogP contribution >= 0.6 is 0 Å². The first-order valence-corrected chi connectivity index (χ1v) is 7.98. The molecule has 1 aromatic rings. The molecule has 116 valence electrons. The molecular formula is C11H17N5O4S. The first-order chi connectivity index (χ1) is 9.83. The van der Waals surface area contributed by atoms with Gasteiger partial charge in [-0.05, 0) is 19.8 Å². The molecule has 2 atom stereocenters. The fourth-order valence-electron chi connectivity index (χ4n) is 2.95. The zero-order chi connectivity index (χ0) is 15.2. The molecule has 1 aromatic heterocycles. The Bertz CT molecular complexity index is 657. The molecule has 9 nitrogen and oxygen atoms in total. The number of piperidine rings is 1. The Balaban J connectivity index is 1.73. The van der Waals surface area contributed by atoms with Crippen molar-refractivity contribution in [1.82, 2.24) is 25.0 Å². The van der Waals surface area contributed by atoms with E-state index in [1.54, 1.807) is 4.68 Å². The van der Waals surface area contributed by atoms with Gasteiger partial charge in [0.05, 0.1) is 24.3 Å². The Morgan fingerprint density at radius 1 is 1.52 bits per heavy atom. The molecule has 2 aliphatic heterocycles. The minimum absolute atomic E-state index is 0.117. The van der Waals surface area contributed by atoms with Gasteiger partial charge in [-0.25, -0.2) is 5.06 Å². The predicted molar refractivity (Wildman–Crippen MR) is 71.9 cm³/mol. The molecule has 2 bridgehead atoms. The van der Waals surface area contributed by atoms with Crippen LogP contribution in [0, 0.1) is 6.92 Å². The van der Waals surface area contributed by atoms with Crippen LogP contribution in [0.25, 0.3) is 0 Å². The van der Waals surface area contributed by atoms with Gasteiger partial charge < -0.3 is 4.90 Å². The number of rotatable bonds is 4. The van der Waals surface area contributed by atoms with E-state index in [2.05, 4.69) is 21.2 Å². The smallest absolute Gasteiger partial charge is 0.350 e. The summed E-state index contributed by atoms with van der Waals surface area (Å²) in [6, 6.07) is 0.0259. The van der Waals surface area contributed by atoms with Crippen molar-refractivity contribution < 1.29 is 17.3 Å². The number of hydrogen-bond donors (Lipinski definition) is 1. The lowest BCUT2D eigenvalue weighted by molar-refractivity contribution is -0.0453. The quantitative estimate of drug-likeness (QED) is 0.771. The minimum atomic E-state index is -4.54. The largest absolute Gasteiger partial charge is 0.418 e. The highest BCUT2D eigenvalue weighted by Crippen LogP contribution is 2.35. The molecule has 0 aliphatic carbocycles. The van der Waals surface area contributed by atoms with Gasteiger partial charge in [0.15, 0.2) is 0 Å². The molecule has 2 aliphatic rings. The SMILES string of the molecule is C=C1N2C[C@@H](CC[C@H]2Cn2cc(C)nn2)N1OS(=O)(=O)O. The highest BCUT2D eigenvalue weighted by atomic mass is 32.3. The van der Waals surface area contributed by atoms with Crippen molar-refractivity contribution in [2.75, 3.05) is 6.54 Å². The third kappa shape index (κ3) is 2.87. The molecule has 2 saturated heterocycles. The van der Waals surface area contributed by atoms with Crippen LogP contribution in [-0.4, -0.2) is 56.6 Å². The summed E-state index contributed by atoms with van der Waals surface area (Å²) in [4.78, 5) is 1.98. The highest BCUT2D eigenvalue weighted by Gasteiger charge is 2.43. The van der Waals surface area contributed by atoms with Crippen molar-refractivity contribution in [1.29, 1.82) is 0 Å². The summed E-state index contributed by atoms with van der Waals surface area (Å²) in [6.45, 7) is 7.00. The Morgan fingerprint density at radius 3 is 2.90 bits per heavy atom. The van der Waals surface area contributed by atoms with E-state index in [1.165, 1.54) is 5.06 Å². The van der Waals surface area contributed by atoms with Crippen LogP contribution < -0.4 is 0 Å². The van der Waals surface area contributed by atoms with E-state index >= 15 is 0 Å². The third-order valence-electron chi connectivity index (χ3n) is 3.82. The maximum absolute atomic E-state index is 10.9. The van der Waals surface area contributed by atoms with Crippen LogP contribution in [0.3, 0.4) is 0 Å². The first-order valence-electron chi connectivity index (χ1n) is 6.62. The third-order valence-corrected chi connectivity index (χ3v) is 4.17. The lowest BCUT2D eigenvalue weighted by atomic mass is 10.0. The van der Waals surface area contributed by atoms with E-state index in [4.69, 9.17) is 4.55 Å². The van der Waals surface area contributed by atoms with E-state index in [0.717, 1.165) is 18.5 Å². The number of nitrogens with zero attached hydrogens (tertiary/aromatic N) is 5. The molecule has 3 heterocycles. The summed E-state index contributed by atoms with van der Waals surface area (Å²) in [5.74, 6) is 0.442. The van der Waals surface area contributed by atoms with Gasteiger partial charge in [-0.15, -0.1) is 9.38 Å². The molecule has 21 heavy (non-hydrogen) atoms. The average molecular weight is 315 g/mol. The van der Waals surface area contributed by atoms with Crippen molar-refractivity contribution in [3.8, 4) is 0 Å². The van der Waals surface area contributed by atoms with Crippen LogP contribution in [0.1, 0.15) is 18.5 Å². The molecule has 0 unspecified atom stereocenters. The van der Waals surface area contributed by atoms with Gasteiger partial charge in [-0.3, -0.25) is 9.23 Å². The molecule has 0 saturated carbocycles. The summed E-state index contributed by atoms with van der Waals surface area (Å²) in [7, 11) is -4.54. The lowest BCUT2D eigenvalue weighted by Crippen LogP contribution is -2.40. The number of fused-ring (bicyclic) bond motifs is 2. The van der Waals surface area contributed by atoms with Gasteiger partial charge in [0.2, 0.25) is 0 Å². The molecular weight excluding hydrogens is 298 g/mol. The standard InChI is InChI=1S/C11H17N5O4S/c1-8-5-14(13-12-8)6-10-3-4-11-7-15(10)9(2)16(11)20-21(17,18)19/h5,10-11H,2-4,6-7H2,1H3,(H,17,18,19)/t10-,11+/m0/s1. The van der Waals surface area contributed by atoms with Gasteiger partial charge >= 0.3 is 10.4 Å². The van der Waals surface area contributed by atoms with E-state index in [0.29, 0.717) is 18.9 Å². The Hall–Kier alpha value is -1.65. The van der Waals surface area contributed by atoms with Crippen molar-refractivity contribution in [2.24, 2.45) is 0 Å². The second-order valence-corrected chi connectivity index (χ2v) is 6.37. The van der Waals surface area contributed by atoms with Gasteiger partial charge in [-0.1, -0.05) is 11.8 Å². The summed E-state index contributed by atoms with van der Waals surface area (Å²) < 4.78 is 37.0. The average Bonchev–Trinajstić information content (AvgIpc) is 2.89. The lowest BCUT2D eigenvalue weighted by Gasteiger charge is -2.31. The fourth-order valence-corrected chi connectivity index (χ4v) is 3.36. The van der Waals surface area contributed by atoms with Crippen molar-refractivity contribution in [3.05, 3.63) is 24.3 Å². The van der Waals surface area contributed by atoms with E-state index in [9.17, 15) is 8.42 Å². The second-order valence-electron chi connectivity index (χ2n) is 5.36. The molecule has 0 spiro atoms. The highest BCUT2D eigenvalue weighted by molar-refractivity contribution is 7.80. The van der Waals surface area contributed by atoms with Crippen LogP contribution in [0.2, 0.25) is 0 Å². The number of hydrogen-bond acceptors (Lipinski definition) is 7. The summed E-state index contributed by atoms with van der Waals surface area (Å²) >= 11 is 0. The summed E-state index contributed by atoms with van der Waals surface area (Å²) in [5, 5.41) is 9.16. The van der Waals surface area contributed by atoms with Crippen molar-refractivity contribution in [2.45, 2.75) is 38.4 Å². The Labute approximate surface area is 122 Å². The normalized spacial score (nSPS) is 25.7. The van der Waals surface area contributed by atoms with E-state index in [-0.39, 0.29) is 12.1 Å². The first kappa shape index (κ1) is 14.3. The molecule has 1 N–H and O–H groups in total. The second kappa shape index (κ2) is 4.97. The van der Waals surface area contributed by atoms with Crippen LogP contribution in [0.5, 0.6) is 0 Å². The minimum Gasteiger partial charge on any atom is -0.350 e. The van der Waals surface area contributed by atoms with Gasteiger partial charge in [-0.2, -0.15) is 8.42 Å². The summed E-state index contributed by atoms with van der Waals surface area (Å²) in [6.07, 6.45) is 3.47. The van der Waals surface area contributed by atoms with Gasteiger partial charge in [0.25, 0.3) is 0 Å². The number of aryl methyl sites for hydroxylation is 1. The Kier molecular flexibility index (Phi) is 3.38. The molecule has 2 fully saturated rings. The van der Waals surface area contributed by atoms with E-state index < -0.39 is 10.4 Å². The van der Waals surface area contributed by atoms with Crippen molar-refractivity contribution in [3.63, 3.8) is 0 Å². The molecule has 0 amide bonds. The van der Waals surface area contributed by atoms with Crippen LogP contribution in [-0.2, 0) is 21.2 Å². The van der Waals surface area contributed by atoms with E-state index in [1.807, 2.05) is 18.0 Å².